The maximum absolute atomic E-state index is 12.2. The molecule has 0 aromatic carbocycles. The van der Waals surface area contributed by atoms with E-state index in [2.05, 4.69) is 29.1 Å². The van der Waals surface area contributed by atoms with E-state index < -0.39 is 5.54 Å². The van der Waals surface area contributed by atoms with Crippen molar-refractivity contribution in [3.05, 3.63) is 0 Å². The third kappa shape index (κ3) is 2.85. The first-order valence-electron chi connectivity index (χ1n) is 8.01. The molecule has 3 rings (SSSR count). The van der Waals surface area contributed by atoms with Gasteiger partial charge in [-0.05, 0) is 45.6 Å². The highest BCUT2D eigenvalue weighted by molar-refractivity contribution is 5.86. The molecule has 2 saturated carbocycles. The maximum atomic E-state index is 12.2. The Morgan fingerprint density at radius 1 is 1.30 bits per heavy atom. The molecule has 2 aliphatic carbocycles. The van der Waals surface area contributed by atoms with E-state index in [0.29, 0.717) is 18.0 Å². The SMILES string of the molecule is CC1CN(CC(NC2CC2)(C(N)=O)C2CC2)CCN1C. The number of primary amides is 1. The summed E-state index contributed by atoms with van der Waals surface area (Å²) in [5.74, 6) is 0.314. The van der Waals surface area contributed by atoms with Crippen molar-refractivity contribution in [1.29, 1.82) is 0 Å². The largest absolute Gasteiger partial charge is 0.368 e. The number of nitrogens with two attached hydrogens (primary N) is 1. The molecule has 1 aliphatic heterocycles. The highest BCUT2D eigenvalue weighted by Gasteiger charge is 2.52. The standard InChI is InChI=1S/C15H28N4O/c1-11-9-19(8-7-18(11)2)10-15(14(16)20,12-3-4-12)17-13-5-6-13/h11-13,17H,3-10H2,1-2H3,(H2,16,20). The van der Waals surface area contributed by atoms with Gasteiger partial charge in [-0.2, -0.15) is 0 Å². The molecule has 2 unspecified atom stereocenters. The molecule has 3 N–H and O–H groups in total. The minimum Gasteiger partial charge on any atom is -0.368 e. The summed E-state index contributed by atoms with van der Waals surface area (Å²) in [4.78, 5) is 17.0. The summed E-state index contributed by atoms with van der Waals surface area (Å²) in [5.41, 5.74) is 5.35. The number of hydrogen-bond donors (Lipinski definition) is 2. The van der Waals surface area contributed by atoms with Crippen LogP contribution < -0.4 is 11.1 Å². The Morgan fingerprint density at radius 3 is 2.50 bits per heavy atom. The molecule has 114 valence electrons. The average molecular weight is 280 g/mol. The fourth-order valence-electron chi connectivity index (χ4n) is 3.43. The number of likely N-dealkylation sites (N-methyl/N-ethyl adjacent to an activating group) is 1. The van der Waals surface area contributed by atoms with Crippen LogP contribution in [0.15, 0.2) is 0 Å². The fourth-order valence-corrected chi connectivity index (χ4v) is 3.43. The van der Waals surface area contributed by atoms with Crippen molar-refractivity contribution in [2.75, 3.05) is 33.2 Å². The van der Waals surface area contributed by atoms with Gasteiger partial charge in [0.2, 0.25) is 5.91 Å². The van der Waals surface area contributed by atoms with Crippen molar-refractivity contribution in [2.45, 2.75) is 50.2 Å². The van der Waals surface area contributed by atoms with Crippen LogP contribution in [0.4, 0.5) is 0 Å². The molecule has 0 radical (unpaired) electrons. The quantitative estimate of drug-likeness (QED) is 0.719. The zero-order chi connectivity index (χ0) is 14.3. The van der Waals surface area contributed by atoms with E-state index in [1.165, 1.54) is 12.8 Å². The zero-order valence-electron chi connectivity index (χ0n) is 12.8. The van der Waals surface area contributed by atoms with Crippen LogP contribution in [0, 0.1) is 5.92 Å². The Balaban J connectivity index is 1.70. The van der Waals surface area contributed by atoms with Gasteiger partial charge in [-0.15, -0.1) is 0 Å². The highest BCUT2D eigenvalue weighted by Crippen LogP contribution is 2.42. The van der Waals surface area contributed by atoms with Gasteiger partial charge in [0.05, 0.1) is 0 Å². The highest BCUT2D eigenvalue weighted by atomic mass is 16.1. The lowest BCUT2D eigenvalue weighted by atomic mass is 9.90. The van der Waals surface area contributed by atoms with Crippen molar-refractivity contribution in [1.82, 2.24) is 15.1 Å². The summed E-state index contributed by atoms with van der Waals surface area (Å²) >= 11 is 0. The Bertz CT molecular complexity index is 380. The van der Waals surface area contributed by atoms with Crippen molar-refractivity contribution < 1.29 is 4.79 Å². The number of hydrogen-bond acceptors (Lipinski definition) is 4. The van der Waals surface area contributed by atoms with Gasteiger partial charge >= 0.3 is 0 Å². The van der Waals surface area contributed by atoms with Crippen molar-refractivity contribution in [3.8, 4) is 0 Å². The molecule has 3 fully saturated rings. The predicted molar refractivity (Wildman–Crippen MR) is 79.3 cm³/mol. The van der Waals surface area contributed by atoms with Gasteiger partial charge in [0.25, 0.3) is 0 Å². The van der Waals surface area contributed by atoms with Crippen LogP contribution in [-0.4, -0.2) is 66.6 Å². The molecule has 0 spiro atoms. The number of carbonyl (C=O) groups excluding carboxylic acids is 1. The minimum absolute atomic E-state index is 0.140. The molecule has 5 nitrogen and oxygen atoms in total. The van der Waals surface area contributed by atoms with Gasteiger partial charge in [-0.1, -0.05) is 0 Å². The predicted octanol–water partition coefficient (Wildman–Crippen LogP) is 0.00840. The van der Waals surface area contributed by atoms with E-state index >= 15 is 0 Å². The summed E-state index contributed by atoms with van der Waals surface area (Å²) in [5, 5.41) is 3.61. The molecule has 20 heavy (non-hydrogen) atoms. The number of amides is 1. The fraction of sp³-hybridized carbons (Fsp3) is 0.933. The van der Waals surface area contributed by atoms with Crippen LogP contribution in [0.1, 0.15) is 32.6 Å². The first kappa shape index (κ1) is 14.3. The second-order valence-corrected chi connectivity index (χ2v) is 7.09. The van der Waals surface area contributed by atoms with Crippen LogP contribution in [0.2, 0.25) is 0 Å². The lowest BCUT2D eigenvalue weighted by Gasteiger charge is -2.43. The molecule has 0 aromatic rings. The Kier molecular flexibility index (Phi) is 3.77. The Morgan fingerprint density at radius 2 is 2.00 bits per heavy atom. The smallest absolute Gasteiger partial charge is 0.239 e. The minimum atomic E-state index is -0.475. The Labute approximate surface area is 121 Å². The number of nitrogens with one attached hydrogen (secondary N) is 1. The van der Waals surface area contributed by atoms with Crippen LogP contribution in [0.5, 0.6) is 0 Å². The van der Waals surface area contributed by atoms with Gasteiger partial charge in [0.15, 0.2) is 0 Å². The lowest BCUT2D eigenvalue weighted by molar-refractivity contribution is -0.126. The molecule has 1 amide bonds. The molecular formula is C15H28N4O. The van der Waals surface area contributed by atoms with Crippen molar-refractivity contribution in [3.63, 3.8) is 0 Å². The number of carbonyl (C=O) groups is 1. The molecule has 1 saturated heterocycles. The second-order valence-electron chi connectivity index (χ2n) is 7.09. The van der Waals surface area contributed by atoms with Gasteiger partial charge in [0, 0.05) is 38.3 Å². The van der Waals surface area contributed by atoms with E-state index in [1.807, 2.05) is 0 Å². The summed E-state index contributed by atoms with van der Waals surface area (Å²) in [6.45, 7) is 6.19. The van der Waals surface area contributed by atoms with Gasteiger partial charge < -0.3 is 10.6 Å². The third-order valence-corrected chi connectivity index (χ3v) is 5.27. The monoisotopic (exact) mass is 280 g/mol. The van der Waals surface area contributed by atoms with E-state index in [1.54, 1.807) is 0 Å². The van der Waals surface area contributed by atoms with E-state index in [-0.39, 0.29) is 5.91 Å². The average Bonchev–Trinajstić information content (AvgIpc) is 3.25. The Hall–Kier alpha value is -0.650. The van der Waals surface area contributed by atoms with Crippen LogP contribution in [0.3, 0.4) is 0 Å². The maximum Gasteiger partial charge on any atom is 0.239 e. The molecule has 3 aliphatic rings. The molecule has 2 atom stereocenters. The van der Waals surface area contributed by atoms with Gasteiger partial charge in [-0.3, -0.25) is 15.0 Å². The topological polar surface area (TPSA) is 61.6 Å². The summed E-state index contributed by atoms with van der Waals surface area (Å²) in [6.07, 6.45) is 4.68. The normalized spacial score (nSPS) is 32.0. The first-order valence-corrected chi connectivity index (χ1v) is 8.01. The molecule has 5 heteroatoms. The van der Waals surface area contributed by atoms with E-state index in [9.17, 15) is 4.79 Å². The first-order chi connectivity index (χ1) is 9.51. The summed E-state index contributed by atoms with van der Waals surface area (Å²) in [7, 11) is 2.17. The second kappa shape index (κ2) is 5.28. The van der Waals surface area contributed by atoms with Gasteiger partial charge in [-0.25, -0.2) is 0 Å². The van der Waals surface area contributed by atoms with E-state index in [4.69, 9.17) is 5.73 Å². The van der Waals surface area contributed by atoms with Crippen LogP contribution in [0.25, 0.3) is 0 Å². The summed E-state index contributed by atoms with van der Waals surface area (Å²) in [6, 6.07) is 1.07. The number of piperazine rings is 1. The molecule has 0 bridgehead atoms. The summed E-state index contributed by atoms with van der Waals surface area (Å²) < 4.78 is 0. The van der Waals surface area contributed by atoms with Gasteiger partial charge in [0.1, 0.15) is 5.54 Å². The molecule has 0 aromatic heterocycles. The van der Waals surface area contributed by atoms with E-state index in [0.717, 1.165) is 39.0 Å². The molecule has 1 heterocycles. The van der Waals surface area contributed by atoms with Crippen LogP contribution >= 0.6 is 0 Å². The third-order valence-electron chi connectivity index (χ3n) is 5.27. The van der Waals surface area contributed by atoms with Crippen molar-refractivity contribution in [2.24, 2.45) is 11.7 Å². The number of rotatable bonds is 6. The van der Waals surface area contributed by atoms with Crippen LogP contribution in [-0.2, 0) is 4.79 Å². The van der Waals surface area contributed by atoms with Crippen molar-refractivity contribution >= 4 is 5.91 Å². The zero-order valence-corrected chi connectivity index (χ0v) is 12.8. The number of nitrogens with zero attached hydrogens (tertiary/aromatic N) is 2. The lowest BCUT2D eigenvalue weighted by Crippen LogP contribution is -2.65. The molecular weight excluding hydrogens is 252 g/mol.